The van der Waals surface area contributed by atoms with E-state index < -0.39 is 10.0 Å². The van der Waals surface area contributed by atoms with E-state index in [2.05, 4.69) is 19.6 Å². The van der Waals surface area contributed by atoms with Crippen LogP contribution >= 0.6 is 11.5 Å². The molecule has 94 valence electrons. The first-order valence-corrected chi connectivity index (χ1v) is 7.53. The van der Waals surface area contributed by atoms with Gasteiger partial charge in [-0.3, -0.25) is 4.72 Å². The van der Waals surface area contributed by atoms with Gasteiger partial charge in [-0.15, -0.1) is 5.10 Å². The SMILES string of the molecule is O=S(=O)(Nc1cnns1)c1ccc2c(c1)CNC2. The fourth-order valence-electron chi connectivity index (χ4n) is 1.84. The van der Waals surface area contributed by atoms with Gasteiger partial charge in [-0.05, 0) is 23.3 Å². The molecule has 0 spiro atoms. The molecule has 0 bridgehead atoms. The second-order valence-corrected chi connectivity index (χ2v) is 6.39. The first kappa shape index (κ1) is 11.6. The molecule has 1 aliphatic heterocycles. The van der Waals surface area contributed by atoms with E-state index in [0.29, 0.717) is 11.5 Å². The molecular formula is C10H10N4O2S2. The highest BCUT2D eigenvalue weighted by atomic mass is 32.2. The fraction of sp³-hybridized carbons (Fsp3) is 0.200. The third kappa shape index (κ3) is 2.09. The minimum absolute atomic E-state index is 0.262. The minimum Gasteiger partial charge on any atom is -0.309 e. The standard InChI is InChI=1S/C10H10N4O2S2/c15-18(16,13-10-6-12-14-17-10)9-2-1-7-4-11-5-8(7)3-9/h1-3,6,11,13H,4-5H2. The average molecular weight is 282 g/mol. The first-order chi connectivity index (χ1) is 8.65. The van der Waals surface area contributed by atoms with Crippen molar-refractivity contribution in [2.75, 3.05) is 4.72 Å². The van der Waals surface area contributed by atoms with Gasteiger partial charge in [0.25, 0.3) is 10.0 Å². The maximum absolute atomic E-state index is 12.1. The van der Waals surface area contributed by atoms with Crippen LogP contribution in [0.2, 0.25) is 0 Å². The summed E-state index contributed by atoms with van der Waals surface area (Å²) in [4.78, 5) is 0.262. The van der Waals surface area contributed by atoms with Gasteiger partial charge >= 0.3 is 0 Å². The van der Waals surface area contributed by atoms with Crippen molar-refractivity contribution in [2.24, 2.45) is 0 Å². The molecule has 2 heterocycles. The summed E-state index contributed by atoms with van der Waals surface area (Å²) >= 11 is 1.01. The smallest absolute Gasteiger partial charge is 0.262 e. The third-order valence-electron chi connectivity index (χ3n) is 2.72. The number of rotatable bonds is 3. The molecule has 0 radical (unpaired) electrons. The number of hydrogen-bond acceptors (Lipinski definition) is 6. The summed E-state index contributed by atoms with van der Waals surface area (Å²) in [5.41, 5.74) is 2.17. The van der Waals surface area contributed by atoms with Gasteiger partial charge < -0.3 is 5.32 Å². The van der Waals surface area contributed by atoms with E-state index in [-0.39, 0.29) is 4.90 Å². The predicted octanol–water partition coefficient (Wildman–Crippen LogP) is 0.942. The largest absolute Gasteiger partial charge is 0.309 e. The number of hydrogen-bond donors (Lipinski definition) is 2. The average Bonchev–Trinajstić information content (AvgIpc) is 2.97. The molecule has 8 heteroatoms. The molecule has 1 aromatic heterocycles. The van der Waals surface area contributed by atoms with Gasteiger partial charge in [0.05, 0.1) is 11.1 Å². The Morgan fingerprint density at radius 1 is 1.28 bits per heavy atom. The summed E-state index contributed by atoms with van der Waals surface area (Å²) in [6.07, 6.45) is 1.39. The highest BCUT2D eigenvalue weighted by Gasteiger charge is 2.18. The molecule has 2 aromatic rings. The molecule has 0 aliphatic carbocycles. The van der Waals surface area contributed by atoms with Crippen LogP contribution in [0.5, 0.6) is 0 Å². The molecule has 3 rings (SSSR count). The lowest BCUT2D eigenvalue weighted by atomic mass is 10.1. The lowest BCUT2D eigenvalue weighted by Gasteiger charge is -2.06. The van der Waals surface area contributed by atoms with Gasteiger partial charge in [-0.2, -0.15) is 0 Å². The Morgan fingerprint density at radius 3 is 2.89 bits per heavy atom. The van der Waals surface area contributed by atoms with E-state index in [1.54, 1.807) is 12.1 Å². The fourth-order valence-corrected chi connectivity index (χ4v) is 3.58. The summed E-state index contributed by atoms with van der Waals surface area (Å²) in [6, 6.07) is 5.16. The molecular weight excluding hydrogens is 272 g/mol. The van der Waals surface area contributed by atoms with Gasteiger partial charge in [0, 0.05) is 24.6 Å². The van der Waals surface area contributed by atoms with Crippen LogP contribution in [0.4, 0.5) is 5.00 Å². The molecule has 1 aromatic carbocycles. The first-order valence-electron chi connectivity index (χ1n) is 5.28. The second-order valence-electron chi connectivity index (χ2n) is 3.92. The van der Waals surface area contributed by atoms with Crippen molar-refractivity contribution >= 4 is 26.6 Å². The minimum atomic E-state index is -3.55. The monoisotopic (exact) mass is 282 g/mol. The van der Waals surface area contributed by atoms with Crippen molar-refractivity contribution in [2.45, 2.75) is 18.0 Å². The van der Waals surface area contributed by atoms with E-state index in [4.69, 9.17) is 0 Å². The van der Waals surface area contributed by atoms with Crippen LogP contribution in [-0.4, -0.2) is 18.0 Å². The molecule has 0 saturated heterocycles. The van der Waals surface area contributed by atoms with Crippen molar-refractivity contribution < 1.29 is 8.42 Å². The lowest BCUT2D eigenvalue weighted by molar-refractivity contribution is 0.601. The number of nitrogens with one attached hydrogen (secondary N) is 2. The highest BCUT2D eigenvalue weighted by Crippen LogP contribution is 2.22. The number of benzene rings is 1. The number of nitrogens with zero attached hydrogens (tertiary/aromatic N) is 2. The molecule has 1 aliphatic rings. The maximum Gasteiger partial charge on any atom is 0.262 e. The molecule has 6 nitrogen and oxygen atoms in total. The molecule has 0 atom stereocenters. The Kier molecular flexibility index (Phi) is 2.77. The molecule has 2 N–H and O–H groups in total. The zero-order valence-electron chi connectivity index (χ0n) is 9.25. The van der Waals surface area contributed by atoms with Gasteiger partial charge in [-0.1, -0.05) is 10.6 Å². The lowest BCUT2D eigenvalue weighted by Crippen LogP contribution is -2.12. The molecule has 0 amide bonds. The van der Waals surface area contributed by atoms with Gasteiger partial charge in [0.15, 0.2) is 0 Å². The summed E-state index contributed by atoms with van der Waals surface area (Å²) in [5, 5.41) is 7.18. The Morgan fingerprint density at radius 2 is 2.11 bits per heavy atom. The number of fused-ring (bicyclic) bond motifs is 1. The van der Waals surface area contributed by atoms with Crippen molar-refractivity contribution in [3.8, 4) is 0 Å². The van der Waals surface area contributed by atoms with E-state index >= 15 is 0 Å². The zero-order valence-corrected chi connectivity index (χ0v) is 10.9. The number of anilines is 1. The zero-order chi connectivity index (χ0) is 12.6. The van der Waals surface area contributed by atoms with Crippen molar-refractivity contribution in [1.29, 1.82) is 0 Å². The van der Waals surface area contributed by atoms with Crippen LogP contribution < -0.4 is 10.0 Å². The van der Waals surface area contributed by atoms with Crippen LogP contribution in [0, 0.1) is 0 Å². The van der Waals surface area contributed by atoms with E-state index in [9.17, 15) is 8.42 Å². The van der Waals surface area contributed by atoms with Crippen molar-refractivity contribution in [1.82, 2.24) is 14.9 Å². The van der Waals surface area contributed by atoms with Crippen LogP contribution in [0.25, 0.3) is 0 Å². The topological polar surface area (TPSA) is 84.0 Å². The van der Waals surface area contributed by atoms with Gasteiger partial charge in [0.2, 0.25) is 0 Å². The van der Waals surface area contributed by atoms with Gasteiger partial charge in [-0.25, -0.2) is 8.42 Å². The van der Waals surface area contributed by atoms with E-state index in [1.807, 2.05) is 6.07 Å². The van der Waals surface area contributed by atoms with Crippen molar-refractivity contribution in [3.05, 3.63) is 35.5 Å². The van der Waals surface area contributed by atoms with Gasteiger partial charge in [0.1, 0.15) is 5.00 Å². The molecule has 0 fully saturated rings. The Hall–Kier alpha value is -1.51. The number of sulfonamides is 1. The molecule has 18 heavy (non-hydrogen) atoms. The summed E-state index contributed by atoms with van der Waals surface area (Å²) in [5.74, 6) is 0. The van der Waals surface area contributed by atoms with Crippen LogP contribution in [0.3, 0.4) is 0 Å². The second kappa shape index (κ2) is 4.30. The van der Waals surface area contributed by atoms with Crippen molar-refractivity contribution in [3.63, 3.8) is 0 Å². The van der Waals surface area contributed by atoms with E-state index in [0.717, 1.165) is 29.2 Å². The Balaban J connectivity index is 1.94. The number of aromatic nitrogens is 2. The normalized spacial score (nSPS) is 14.4. The summed E-state index contributed by atoms with van der Waals surface area (Å²) < 4.78 is 30.3. The maximum atomic E-state index is 12.1. The quantitative estimate of drug-likeness (QED) is 0.875. The Bertz CT molecular complexity index is 667. The molecule has 0 unspecified atom stereocenters. The Labute approximate surface area is 108 Å². The summed E-state index contributed by atoms with van der Waals surface area (Å²) in [7, 11) is -3.55. The van der Waals surface area contributed by atoms with Crippen LogP contribution in [0.1, 0.15) is 11.1 Å². The summed E-state index contributed by atoms with van der Waals surface area (Å²) in [6.45, 7) is 1.50. The molecule has 0 saturated carbocycles. The van der Waals surface area contributed by atoms with Crippen LogP contribution in [-0.2, 0) is 23.1 Å². The highest BCUT2D eigenvalue weighted by molar-refractivity contribution is 7.93. The third-order valence-corrected chi connectivity index (χ3v) is 4.79. The van der Waals surface area contributed by atoms with E-state index in [1.165, 1.54) is 6.20 Å². The van der Waals surface area contributed by atoms with Crippen LogP contribution in [0.15, 0.2) is 29.3 Å². The predicted molar refractivity (Wildman–Crippen MR) is 67.7 cm³/mol.